The third kappa shape index (κ3) is 0.571. The van der Waals surface area contributed by atoms with Crippen molar-refractivity contribution < 1.29 is 4.39 Å². The summed E-state index contributed by atoms with van der Waals surface area (Å²) in [5.41, 5.74) is 5.74. The third-order valence-corrected chi connectivity index (χ3v) is 2.95. The number of hydrogen-bond acceptors (Lipinski definition) is 1. The molecule has 2 N–H and O–H groups in total. The van der Waals surface area contributed by atoms with Crippen LogP contribution in [0.4, 0.5) is 4.39 Å². The summed E-state index contributed by atoms with van der Waals surface area (Å²) in [6, 6.07) is 0. The van der Waals surface area contributed by atoms with Crippen LogP contribution in [0.5, 0.6) is 0 Å². The summed E-state index contributed by atoms with van der Waals surface area (Å²) in [4.78, 5) is 0. The average molecular weight is 129 g/mol. The zero-order valence-electron chi connectivity index (χ0n) is 5.49. The SMILES string of the molecule is NC1(C2(CF)CC2)CC1. The van der Waals surface area contributed by atoms with E-state index < -0.39 is 0 Å². The molecule has 2 fully saturated rings. The molecule has 0 aromatic heterocycles. The smallest absolute Gasteiger partial charge is 0.0968 e. The Hall–Kier alpha value is -0.110. The molecule has 2 heteroatoms. The van der Waals surface area contributed by atoms with E-state index in [-0.39, 0.29) is 17.6 Å². The van der Waals surface area contributed by atoms with Gasteiger partial charge in [0.25, 0.3) is 0 Å². The van der Waals surface area contributed by atoms with Gasteiger partial charge in [-0.2, -0.15) is 0 Å². The average Bonchev–Trinajstić information content (AvgIpc) is 2.61. The lowest BCUT2D eigenvalue weighted by atomic mass is 9.96. The Balaban J connectivity index is 2.11. The Morgan fingerprint density at radius 1 is 1.22 bits per heavy atom. The second-order valence-electron chi connectivity index (χ2n) is 3.57. The van der Waals surface area contributed by atoms with Gasteiger partial charge in [-0.3, -0.25) is 4.39 Å². The van der Waals surface area contributed by atoms with E-state index in [2.05, 4.69) is 0 Å². The molecule has 0 aliphatic heterocycles. The molecule has 52 valence electrons. The van der Waals surface area contributed by atoms with Gasteiger partial charge in [-0.1, -0.05) is 0 Å². The third-order valence-electron chi connectivity index (χ3n) is 2.95. The lowest BCUT2D eigenvalue weighted by Crippen LogP contribution is -2.35. The van der Waals surface area contributed by atoms with Crippen molar-refractivity contribution in [3.8, 4) is 0 Å². The van der Waals surface area contributed by atoms with Gasteiger partial charge in [-0.05, 0) is 25.7 Å². The van der Waals surface area contributed by atoms with Gasteiger partial charge in [0.2, 0.25) is 0 Å². The fraction of sp³-hybridized carbons (Fsp3) is 1.00. The Morgan fingerprint density at radius 2 is 1.78 bits per heavy atom. The highest BCUT2D eigenvalue weighted by molar-refractivity contribution is 5.18. The van der Waals surface area contributed by atoms with Gasteiger partial charge < -0.3 is 5.73 Å². The molecule has 9 heavy (non-hydrogen) atoms. The molecular formula is C7H12FN. The molecule has 2 saturated carbocycles. The summed E-state index contributed by atoms with van der Waals surface area (Å²) < 4.78 is 12.3. The second kappa shape index (κ2) is 1.31. The maximum atomic E-state index is 12.3. The van der Waals surface area contributed by atoms with Gasteiger partial charge >= 0.3 is 0 Å². The zero-order valence-corrected chi connectivity index (χ0v) is 5.49. The number of alkyl halides is 1. The lowest BCUT2D eigenvalue weighted by molar-refractivity contribution is 0.278. The molecule has 2 aliphatic carbocycles. The maximum absolute atomic E-state index is 12.3. The predicted molar refractivity (Wildman–Crippen MR) is 33.8 cm³/mol. The van der Waals surface area contributed by atoms with Crippen molar-refractivity contribution in [2.45, 2.75) is 31.2 Å². The quantitative estimate of drug-likeness (QED) is 0.596. The molecule has 0 unspecified atom stereocenters. The van der Waals surface area contributed by atoms with E-state index >= 15 is 0 Å². The summed E-state index contributed by atoms with van der Waals surface area (Å²) in [7, 11) is 0. The lowest BCUT2D eigenvalue weighted by Gasteiger charge is -2.17. The minimum atomic E-state index is -0.191. The van der Waals surface area contributed by atoms with Crippen LogP contribution in [0.15, 0.2) is 0 Å². The van der Waals surface area contributed by atoms with Crippen LogP contribution in [-0.4, -0.2) is 12.2 Å². The second-order valence-corrected chi connectivity index (χ2v) is 3.57. The summed E-state index contributed by atoms with van der Waals surface area (Å²) in [6.45, 7) is -0.191. The number of halogens is 1. The van der Waals surface area contributed by atoms with E-state index in [1.54, 1.807) is 0 Å². The van der Waals surface area contributed by atoms with E-state index in [0.29, 0.717) is 0 Å². The number of nitrogens with two attached hydrogens (primary N) is 1. The van der Waals surface area contributed by atoms with Crippen LogP contribution >= 0.6 is 0 Å². The van der Waals surface area contributed by atoms with E-state index in [1.165, 1.54) is 0 Å². The Bertz CT molecular complexity index is 136. The molecule has 0 aromatic carbocycles. The van der Waals surface area contributed by atoms with Crippen molar-refractivity contribution in [1.82, 2.24) is 0 Å². The molecular weight excluding hydrogens is 117 g/mol. The van der Waals surface area contributed by atoms with Crippen LogP contribution in [0.3, 0.4) is 0 Å². The largest absolute Gasteiger partial charge is 0.325 e. The molecule has 0 atom stereocenters. The minimum absolute atomic E-state index is 0.0486. The molecule has 0 amide bonds. The van der Waals surface area contributed by atoms with Crippen LogP contribution < -0.4 is 5.73 Å². The first-order valence-corrected chi connectivity index (χ1v) is 3.57. The summed E-state index contributed by atoms with van der Waals surface area (Å²) in [5.74, 6) is 0. The number of hydrogen-bond donors (Lipinski definition) is 1. The topological polar surface area (TPSA) is 26.0 Å². The fourth-order valence-corrected chi connectivity index (χ4v) is 1.58. The van der Waals surface area contributed by atoms with Crippen molar-refractivity contribution in [2.24, 2.45) is 11.1 Å². The van der Waals surface area contributed by atoms with Gasteiger partial charge in [-0.25, -0.2) is 0 Å². The normalized spacial score (nSPS) is 34.0. The fourth-order valence-electron chi connectivity index (χ4n) is 1.58. The van der Waals surface area contributed by atoms with E-state index in [4.69, 9.17) is 5.73 Å². The Kier molecular flexibility index (Phi) is 0.825. The maximum Gasteiger partial charge on any atom is 0.0968 e. The standard InChI is InChI=1S/C7H12FN/c8-5-6(1-2-6)7(9)3-4-7/h1-5,9H2. The highest BCUT2D eigenvalue weighted by atomic mass is 19.1. The van der Waals surface area contributed by atoms with Crippen LogP contribution in [-0.2, 0) is 0 Å². The van der Waals surface area contributed by atoms with Crippen molar-refractivity contribution in [2.75, 3.05) is 6.67 Å². The van der Waals surface area contributed by atoms with Crippen LogP contribution in [0.25, 0.3) is 0 Å². The van der Waals surface area contributed by atoms with Gasteiger partial charge in [-0.15, -0.1) is 0 Å². The molecule has 2 rings (SSSR count). The van der Waals surface area contributed by atoms with Gasteiger partial charge in [0.1, 0.15) is 0 Å². The summed E-state index contributed by atoms with van der Waals surface area (Å²) in [6.07, 6.45) is 4.16. The summed E-state index contributed by atoms with van der Waals surface area (Å²) >= 11 is 0. The van der Waals surface area contributed by atoms with Crippen molar-refractivity contribution >= 4 is 0 Å². The van der Waals surface area contributed by atoms with Gasteiger partial charge in [0.05, 0.1) is 6.67 Å². The zero-order chi connectivity index (χ0) is 6.54. The molecule has 0 spiro atoms. The predicted octanol–water partition coefficient (Wildman–Crippen LogP) is 1.23. The van der Waals surface area contributed by atoms with Crippen LogP contribution in [0.1, 0.15) is 25.7 Å². The van der Waals surface area contributed by atoms with Crippen molar-refractivity contribution in [1.29, 1.82) is 0 Å². The molecule has 1 nitrogen and oxygen atoms in total. The van der Waals surface area contributed by atoms with Crippen LogP contribution in [0, 0.1) is 5.41 Å². The molecule has 0 radical (unpaired) electrons. The van der Waals surface area contributed by atoms with Crippen molar-refractivity contribution in [3.63, 3.8) is 0 Å². The van der Waals surface area contributed by atoms with Gasteiger partial charge in [0.15, 0.2) is 0 Å². The Morgan fingerprint density at radius 3 is 1.89 bits per heavy atom. The van der Waals surface area contributed by atoms with Gasteiger partial charge in [0, 0.05) is 11.0 Å². The van der Waals surface area contributed by atoms with E-state index in [0.717, 1.165) is 25.7 Å². The van der Waals surface area contributed by atoms with Crippen LogP contribution in [0.2, 0.25) is 0 Å². The molecule has 0 aromatic rings. The molecule has 2 aliphatic rings. The molecule has 0 saturated heterocycles. The summed E-state index contributed by atoms with van der Waals surface area (Å²) in [5, 5.41) is 0. The molecule has 0 heterocycles. The van der Waals surface area contributed by atoms with Crippen molar-refractivity contribution in [3.05, 3.63) is 0 Å². The minimum Gasteiger partial charge on any atom is -0.325 e. The van der Waals surface area contributed by atoms with E-state index in [9.17, 15) is 4.39 Å². The first-order chi connectivity index (χ1) is 4.22. The highest BCUT2D eigenvalue weighted by Gasteiger charge is 2.63. The first kappa shape index (κ1) is 5.66. The molecule has 0 bridgehead atoms. The monoisotopic (exact) mass is 129 g/mol. The Labute approximate surface area is 54.4 Å². The van der Waals surface area contributed by atoms with E-state index in [1.807, 2.05) is 0 Å². The highest BCUT2D eigenvalue weighted by Crippen LogP contribution is 2.62. The first-order valence-electron chi connectivity index (χ1n) is 3.57. The number of rotatable bonds is 2.